The molecule has 0 saturated carbocycles. The van der Waals surface area contributed by atoms with Crippen molar-refractivity contribution in [2.75, 3.05) is 0 Å². The molecule has 0 heterocycles. The van der Waals surface area contributed by atoms with Gasteiger partial charge in [0.25, 0.3) is 0 Å². The van der Waals surface area contributed by atoms with E-state index in [2.05, 4.69) is 78.5 Å². The monoisotopic (exact) mass is 361 g/mol. The molecule has 115 valence electrons. The van der Waals surface area contributed by atoms with Crippen LogP contribution in [0.15, 0.2) is 45.9 Å². The molecule has 1 nitrogen and oxygen atoms in total. The molecule has 0 aliphatic heterocycles. The molecule has 1 aromatic rings. The number of para-hydroxylation sites is 1. The van der Waals surface area contributed by atoms with Crippen molar-refractivity contribution in [1.82, 2.24) is 0 Å². The van der Waals surface area contributed by atoms with Crippen molar-refractivity contribution >= 4 is 24.8 Å². The van der Waals surface area contributed by atoms with Crippen LogP contribution in [0, 0.1) is 0 Å². The summed E-state index contributed by atoms with van der Waals surface area (Å²) in [5.41, 5.74) is 2.68. The van der Waals surface area contributed by atoms with E-state index in [4.69, 9.17) is 4.74 Å². The maximum Gasteiger partial charge on any atom is -0.147 e. The van der Waals surface area contributed by atoms with Gasteiger partial charge in [-0.25, -0.2) is 0 Å². The number of rotatable bonds is 4. The second-order valence-corrected chi connectivity index (χ2v) is 6.73. The van der Waals surface area contributed by atoms with Crippen LogP contribution < -0.4 is 4.74 Å². The Morgan fingerprint density at radius 1 is 1.14 bits per heavy atom. The van der Waals surface area contributed by atoms with Crippen molar-refractivity contribution in [1.29, 1.82) is 0 Å². The quantitative estimate of drug-likeness (QED) is 0.656. The molecular formula is C17H23Cl2OTi. The Kier molecular flexibility index (Phi) is 8.35. The smallest absolute Gasteiger partial charge is 0.147 e. The molecule has 1 aliphatic rings. The van der Waals surface area contributed by atoms with Gasteiger partial charge in [0.1, 0.15) is 0 Å². The second kappa shape index (κ2) is 8.43. The van der Waals surface area contributed by atoms with Crippen LogP contribution in [0.25, 0.3) is 0 Å². The number of benzene rings is 1. The Bertz CT molecular complexity index is 533. The molecule has 0 unspecified atom stereocenters. The van der Waals surface area contributed by atoms with Crippen LogP contribution in [0.1, 0.15) is 39.7 Å². The number of allylic oxidation sites excluding steroid dienone is 4. The Morgan fingerprint density at radius 2 is 1.76 bits per heavy atom. The molecule has 0 N–H and O–H groups in total. The fourth-order valence-corrected chi connectivity index (χ4v) is 3.38. The summed E-state index contributed by atoms with van der Waals surface area (Å²) in [4.78, 5) is 0. The molecule has 1 aliphatic carbocycles. The average molecular weight is 362 g/mol. The normalized spacial score (nSPS) is 13.9. The van der Waals surface area contributed by atoms with Gasteiger partial charge in [-0.2, -0.15) is 0 Å². The molecule has 0 fully saturated rings. The standard InChI is InChI=1S/C17H21O.2ClH.Ti/c1-13(2)18-16-12-8-7-11-15(16)17(3,4)14-9-5-6-10-14;;;/h5,7-9,11-13H,6H2,1-4H3;2*1H;. The molecule has 0 saturated heterocycles. The summed E-state index contributed by atoms with van der Waals surface area (Å²) in [6.45, 7) is 8.71. The molecule has 0 radical (unpaired) electrons. The van der Waals surface area contributed by atoms with Crippen LogP contribution in [-0.2, 0) is 25.9 Å². The molecule has 0 aromatic heterocycles. The molecule has 0 bridgehead atoms. The fraction of sp³-hybridized carbons (Fsp3) is 0.412. The zero-order chi connectivity index (χ0) is 14.0. The van der Waals surface area contributed by atoms with Crippen LogP contribution in [0.2, 0.25) is 0 Å². The Balaban J connectivity index is 0.00000200. The molecule has 0 amide bonds. The molecule has 4 heteroatoms. The van der Waals surface area contributed by atoms with Crippen molar-refractivity contribution in [3.05, 3.63) is 51.4 Å². The summed E-state index contributed by atoms with van der Waals surface area (Å²) < 4.78 is 7.44. The van der Waals surface area contributed by atoms with Crippen molar-refractivity contribution in [2.24, 2.45) is 0 Å². The fourth-order valence-electron chi connectivity index (χ4n) is 2.58. The van der Waals surface area contributed by atoms with Gasteiger partial charge >= 0.3 is 128 Å². The van der Waals surface area contributed by atoms with E-state index in [1.54, 1.807) is 0 Å². The van der Waals surface area contributed by atoms with Crippen LogP contribution in [0.3, 0.4) is 0 Å². The van der Waals surface area contributed by atoms with Gasteiger partial charge in [-0.3, -0.25) is 0 Å². The summed E-state index contributed by atoms with van der Waals surface area (Å²) >= 11 is 2.23. The first-order chi connectivity index (χ1) is 8.93. The van der Waals surface area contributed by atoms with Gasteiger partial charge in [-0.15, -0.1) is 24.8 Å². The van der Waals surface area contributed by atoms with E-state index in [-0.39, 0.29) is 36.3 Å². The number of ether oxygens (including phenoxy) is 1. The first-order valence-electron chi connectivity index (χ1n) is 6.81. The van der Waals surface area contributed by atoms with E-state index in [1.807, 2.05) is 6.07 Å². The predicted molar refractivity (Wildman–Crippen MR) is 90.5 cm³/mol. The minimum absolute atomic E-state index is 0. The summed E-state index contributed by atoms with van der Waals surface area (Å²) in [5, 5.41) is 0. The van der Waals surface area contributed by atoms with Crippen LogP contribution in [0.4, 0.5) is 0 Å². The maximum absolute atomic E-state index is 5.98. The largest absolute Gasteiger partial charge is 0.147 e. The first-order valence-corrected chi connectivity index (χ1v) is 7.59. The van der Waals surface area contributed by atoms with E-state index >= 15 is 0 Å². The molecule has 0 atom stereocenters. The predicted octanol–water partition coefficient (Wildman–Crippen LogP) is 5.36. The third-order valence-electron chi connectivity index (χ3n) is 3.53. The molecule has 1 aromatic carbocycles. The Labute approximate surface area is 152 Å². The van der Waals surface area contributed by atoms with Gasteiger partial charge in [0.05, 0.1) is 0 Å². The summed E-state index contributed by atoms with van der Waals surface area (Å²) in [5.74, 6) is 1.00. The molecule has 0 spiro atoms. The van der Waals surface area contributed by atoms with Crippen molar-refractivity contribution in [3.8, 4) is 5.75 Å². The number of hydrogen-bond acceptors (Lipinski definition) is 1. The van der Waals surface area contributed by atoms with Crippen molar-refractivity contribution < 1.29 is 25.2 Å². The third-order valence-corrected chi connectivity index (χ3v) is 4.27. The molecule has 21 heavy (non-hydrogen) atoms. The van der Waals surface area contributed by atoms with Gasteiger partial charge in [0.15, 0.2) is 0 Å². The van der Waals surface area contributed by atoms with Crippen molar-refractivity contribution in [2.45, 2.75) is 45.6 Å². The van der Waals surface area contributed by atoms with Crippen LogP contribution >= 0.6 is 24.8 Å². The Hall–Kier alpha value is -0.206. The van der Waals surface area contributed by atoms with Gasteiger partial charge in [-0.1, -0.05) is 0 Å². The molecular weight excluding hydrogens is 339 g/mol. The Morgan fingerprint density at radius 3 is 2.29 bits per heavy atom. The SMILES string of the molecule is CC(C)Oc1ccccc1C(C)(C)C1=[C]([Ti])CC=C1.Cl.Cl. The van der Waals surface area contributed by atoms with E-state index in [1.165, 1.54) is 15.0 Å². The van der Waals surface area contributed by atoms with E-state index < -0.39 is 0 Å². The minimum Gasteiger partial charge on any atom is -0.147 e. The topological polar surface area (TPSA) is 9.23 Å². The van der Waals surface area contributed by atoms with Gasteiger partial charge in [0.2, 0.25) is 0 Å². The van der Waals surface area contributed by atoms with E-state index in [0.717, 1.165) is 12.2 Å². The summed E-state index contributed by atoms with van der Waals surface area (Å²) in [6.07, 6.45) is 5.79. The van der Waals surface area contributed by atoms with Crippen molar-refractivity contribution in [3.63, 3.8) is 0 Å². The molecule has 2 rings (SSSR count). The van der Waals surface area contributed by atoms with Gasteiger partial charge in [-0.05, 0) is 0 Å². The zero-order valence-electron chi connectivity index (χ0n) is 13.0. The number of halogens is 2. The summed E-state index contributed by atoms with van der Waals surface area (Å²) in [6, 6.07) is 8.40. The maximum atomic E-state index is 5.98. The minimum atomic E-state index is -0.0113. The third kappa shape index (κ3) is 4.63. The second-order valence-electron chi connectivity index (χ2n) is 5.79. The zero-order valence-corrected chi connectivity index (χ0v) is 16.2. The van der Waals surface area contributed by atoms with Crippen LogP contribution in [-0.4, -0.2) is 6.10 Å². The van der Waals surface area contributed by atoms with Gasteiger partial charge in [0, 0.05) is 0 Å². The van der Waals surface area contributed by atoms with Crippen LogP contribution in [0.5, 0.6) is 5.75 Å². The van der Waals surface area contributed by atoms with E-state index in [9.17, 15) is 0 Å². The first kappa shape index (κ1) is 20.8. The average Bonchev–Trinajstić information content (AvgIpc) is 2.76. The van der Waals surface area contributed by atoms with E-state index in [0.29, 0.717) is 0 Å². The number of hydrogen-bond donors (Lipinski definition) is 0. The van der Waals surface area contributed by atoms with Gasteiger partial charge < -0.3 is 0 Å². The summed E-state index contributed by atoms with van der Waals surface area (Å²) in [7, 11) is 0.